The summed E-state index contributed by atoms with van der Waals surface area (Å²) in [5.74, 6) is 0.940. The standard InChI is InChI=1S/C12H17N5O2.C12H16N4O4.C11H15N5O3.2C2H6/c1-3-7(18)4-17-5-8(11(14)19)9-10(13)15-6(2)16-12(9)17;1-5-14-10(13)6-2-3-16(11(6)15-5)12-9(19)8(18)7(4-17)20-12;1-5-14-9(12)8-7(10(13)19)3-16(11(8)15-5)2-6(18)4-17;2*1-2/h5,7,18H,3-4H2,1-2H3,(H2,14,19)(H2,13,15,16);2-3,7-9,12,17-19H,4H2,1H3,(H2,13,14,15);3,6,17-18H,2,4H2,1H3,(H2,13,19)(H2,12,14,15);2*1-2H3/t7-;7-,8-,9-,12-;6-;;/m110../s1. The van der Waals surface area contributed by atoms with Crippen molar-refractivity contribution in [2.24, 2.45) is 11.5 Å². The average molecular weight is 869 g/mol. The molecular weight excluding hydrogens is 809 g/mol. The molecule has 1 fully saturated rings. The van der Waals surface area contributed by atoms with Gasteiger partial charge in [-0.25, -0.2) is 29.9 Å². The lowest BCUT2D eigenvalue weighted by Gasteiger charge is -2.17. The molecule has 7 heterocycles. The number of rotatable bonds is 10. The van der Waals surface area contributed by atoms with Crippen molar-refractivity contribution in [3.05, 3.63) is 53.3 Å². The summed E-state index contributed by atoms with van der Waals surface area (Å²) in [6.45, 7) is 14.6. The van der Waals surface area contributed by atoms with E-state index in [-0.39, 0.29) is 35.9 Å². The first kappa shape index (κ1) is 50.3. The number of anilines is 3. The Bertz CT molecular complexity index is 2340. The maximum atomic E-state index is 11.5. The molecule has 6 atom stereocenters. The average Bonchev–Trinajstić information content (AvgIpc) is 3.99. The monoisotopic (exact) mass is 868 g/mol. The Morgan fingerprint density at radius 1 is 0.710 bits per heavy atom. The van der Waals surface area contributed by atoms with Gasteiger partial charge in [-0.05, 0) is 33.3 Å². The van der Waals surface area contributed by atoms with E-state index in [1.807, 2.05) is 34.6 Å². The van der Waals surface area contributed by atoms with Gasteiger partial charge in [-0.3, -0.25) is 9.59 Å². The zero-order valence-corrected chi connectivity index (χ0v) is 36.1. The molecule has 340 valence electrons. The third-order valence-corrected chi connectivity index (χ3v) is 9.24. The van der Waals surface area contributed by atoms with E-state index in [9.17, 15) is 30.0 Å². The molecule has 0 radical (unpaired) electrons. The molecule has 0 saturated carbocycles. The van der Waals surface area contributed by atoms with Crippen molar-refractivity contribution < 1.29 is 45.0 Å². The minimum absolute atomic E-state index is 0.0795. The van der Waals surface area contributed by atoms with Gasteiger partial charge >= 0.3 is 0 Å². The van der Waals surface area contributed by atoms with Crippen LogP contribution in [0.3, 0.4) is 0 Å². The Labute approximate surface area is 357 Å². The van der Waals surface area contributed by atoms with Gasteiger partial charge in [0.1, 0.15) is 70.2 Å². The largest absolute Gasteiger partial charge is 0.394 e. The number of aryl methyl sites for hydroxylation is 3. The van der Waals surface area contributed by atoms with Crippen LogP contribution in [0, 0.1) is 20.8 Å². The van der Waals surface area contributed by atoms with Crippen molar-refractivity contribution in [2.75, 3.05) is 30.4 Å². The van der Waals surface area contributed by atoms with Gasteiger partial charge in [0, 0.05) is 18.6 Å². The molecular formula is C39H60N14O9. The summed E-state index contributed by atoms with van der Waals surface area (Å²) < 4.78 is 10.3. The molecule has 0 aromatic carbocycles. The van der Waals surface area contributed by atoms with E-state index in [4.69, 9.17) is 43.6 Å². The Morgan fingerprint density at radius 2 is 1.15 bits per heavy atom. The number of hydrogen-bond donors (Lipinski definition) is 11. The van der Waals surface area contributed by atoms with E-state index in [1.54, 1.807) is 48.4 Å². The molecule has 0 bridgehead atoms. The number of nitrogen functional groups attached to an aromatic ring is 3. The van der Waals surface area contributed by atoms with Crippen LogP contribution in [0.25, 0.3) is 33.1 Å². The molecule has 7 rings (SSSR count). The summed E-state index contributed by atoms with van der Waals surface area (Å²) in [4.78, 5) is 47.7. The Kier molecular flexibility index (Phi) is 18.0. The van der Waals surface area contributed by atoms with Gasteiger partial charge in [-0.15, -0.1) is 0 Å². The molecule has 16 N–H and O–H groups in total. The van der Waals surface area contributed by atoms with Crippen molar-refractivity contribution in [3.8, 4) is 0 Å². The van der Waals surface area contributed by atoms with Gasteiger partial charge in [-0.1, -0.05) is 34.6 Å². The number of aliphatic hydroxyl groups excluding tert-OH is 6. The minimum atomic E-state index is -1.15. The van der Waals surface area contributed by atoms with Crippen LogP contribution in [0.2, 0.25) is 0 Å². The summed E-state index contributed by atoms with van der Waals surface area (Å²) in [6.07, 6.45) is -0.156. The van der Waals surface area contributed by atoms with Crippen LogP contribution in [0.5, 0.6) is 0 Å². The van der Waals surface area contributed by atoms with Crippen LogP contribution in [0.4, 0.5) is 17.5 Å². The second-order valence-electron chi connectivity index (χ2n) is 13.6. The lowest BCUT2D eigenvalue weighted by atomic mass is 10.1. The summed E-state index contributed by atoms with van der Waals surface area (Å²) >= 11 is 0. The SMILES string of the molecule is CC.CC.CC[C@@H](O)Cn1cc(C(N)=O)c2c(N)nc(C)nc21.Cc1nc(N)c2c(C(N)=O)cn(C[C@H](O)CO)c2n1.Cc1nc(N)c2ccn([C@@H]3O[C@H](CO)[C@@H](O)[C@H]3O)c2n1. The van der Waals surface area contributed by atoms with Crippen LogP contribution in [0.1, 0.15) is 85.5 Å². The first-order valence-electron chi connectivity index (χ1n) is 20.0. The van der Waals surface area contributed by atoms with Crippen LogP contribution in [-0.4, -0.2) is 130 Å². The lowest BCUT2D eigenvalue weighted by molar-refractivity contribution is -0.0508. The Hall–Kier alpha value is -6.08. The summed E-state index contributed by atoms with van der Waals surface area (Å²) in [5.41, 5.74) is 30.0. The maximum absolute atomic E-state index is 11.5. The number of fused-ring (bicyclic) bond motifs is 3. The number of aromatic nitrogens is 9. The molecule has 23 heteroatoms. The Balaban J connectivity index is 0.000000238. The maximum Gasteiger partial charge on any atom is 0.251 e. The van der Waals surface area contributed by atoms with E-state index >= 15 is 0 Å². The highest BCUT2D eigenvalue weighted by atomic mass is 16.6. The lowest BCUT2D eigenvalue weighted by Crippen LogP contribution is -2.33. The molecule has 0 unspecified atom stereocenters. The number of primary amides is 2. The Morgan fingerprint density at radius 3 is 1.55 bits per heavy atom. The molecule has 1 aliphatic rings. The van der Waals surface area contributed by atoms with Crippen molar-refractivity contribution in [3.63, 3.8) is 0 Å². The summed E-state index contributed by atoms with van der Waals surface area (Å²) in [6, 6.07) is 1.72. The second-order valence-corrected chi connectivity index (χ2v) is 13.6. The molecule has 23 nitrogen and oxygen atoms in total. The first-order valence-corrected chi connectivity index (χ1v) is 20.0. The van der Waals surface area contributed by atoms with Gasteiger partial charge in [-0.2, -0.15) is 0 Å². The van der Waals surface area contributed by atoms with Crippen molar-refractivity contribution in [2.45, 2.75) is 112 Å². The topological polar surface area (TPSA) is 387 Å². The molecule has 0 aliphatic carbocycles. The molecule has 2 amide bonds. The predicted molar refractivity (Wildman–Crippen MR) is 232 cm³/mol. The van der Waals surface area contributed by atoms with Gasteiger partial charge in [0.15, 0.2) is 6.23 Å². The number of nitrogens with zero attached hydrogens (tertiary/aromatic N) is 9. The molecule has 1 saturated heterocycles. The fourth-order valence-corrected chi connectivity index (χ4v) is 6.43. The highest BCUT2D eigenvalue weighted by Gasteiger charge is 2.43. The zero-order valence-electron chi connectivity index (χ0n) is 36.1. The van der Waals surface area contributed by atoms with Crippen molar-refractivity contribution in [1.29, 1.82) is 0 Å². The molecule has 6 aromatic rings. The quantitative estimate of drug-likeness (QED) is 0.0859. The number of nitrogens with two attached hydrogens (primary N) is 5. The van der Waals surface area contributed by atoms with Gasteiger partial charge < -0.3 is 77.7 Å². The minimum Gasteiger partial charge on any atom is -0.394 e. The summed E-state index contributed by atoms with van der Waals surface area (Å²) in [5, 5.41) is 58.5. The molecule has 62 heavy (non-hydrogen) atoms. The van der Waals surface area contributed by atoms with Crippen LogP contribution in [0.15, 0.2) is 24.7 Å². The summed E-state index contributed by atoms with van der Waals surface area (Å²) in [7, 11) is 0. The van der Waals surface area contributed by atoms with Crippen LogP contribution in [-0.2, 0) is 17.8 Å². The first-order chi connectivity index (χ1) is 29.4. The predicted octanol–water partition coefficient (Wildman–Crippen LogP) is -0.0484. The molecule has 1 aliphatic heterocycles. The van der Waals surface area contributed by atoms with E-state index < -0.39 is 55.2 Å². The normalized spacial score (nSPS) is 17.8. The smallest absolute Gasteiger partial charge is 0.251 e. The fourth-order valence-electron chi connectivity index (χ4n) is 6.43. The third-order valence-electron chi connectivity index (χ3n) is 9.24. The zero-order chi connectivity index (χ0) is 46.7. The third kappa shape index (κ3) is 11.0. The molecule has 0 spiro atoms. The van der Waals surface area contributed by atoms with E-state index in [1.165, 1.54) is 10.8 Å². The number of hydrogen-bond acceptors (Lipinski definition) is 18. The van der Waals surface area contributed by atoms with Gasteiger partial charge in [0.05, 0.1) is 65.8 Å². The van der Waals surface area contributed by atoms with Crippen LogP contribution < -0.4 is 28.7 Å². The number of ether oxygens (including phenoxy) is 1. The van der Waals surface area contributed by atoms with E-state index in [2.05, 4.69) is 29.9 Å². The highest BCUT2D eigenvalue weighted by Crippen LogP contribution is 2.33. The highest BCUT2D eigenvalue weighted by molar-refractivity contribution is 6.09. The molecule has 6 aromatic heterocycles. The second kappa shape index (κ2) is 22.1. The van der Waals surface area contributed by atoms with Gasteiger partial charge in [0.25, 0.3) is 11.8 Å². The van der Waals surface area contributed by atoms with Crippen molar-refractivity contribution in [1.82, 2.24) is 43.6 Å². The van der Waals surface area contributed by atoms with E-state index in [0.29, 0.717) is 69.4 Å². The fraction of sp³-hybridized carbons (Fsp3) is 0.487. The van der Waals surface area contributed by atoms with Crippen LogP contribution >= 0.6 is 0 Å². The number of aliphatic hydroxyl groups is 6. The number of carbonyl (C=O) groups is 2. The van der Waals surface area contributed by atoms with Crippen molar-refractivity contribution >= 4 is 62.4 Å². The van der Waals surface area contributed by atoms with E-state index in [0.717, 1.165) is 0 Å². The number of amides is 2. The van der Waals surface area contributed by atoms with Gasteiger partial charge in [0.2, 0.25) is 0 Å². The number of carbonyl (C=O) groups excluding carboxylic acids is 2.